The summed E-state index contributed by atoms with van der Waals surface area (Å²) in [4.78, 5) is 23.0. The van der Waals surface area contributed by atoms with Crippen molar-refractivity contribution in [2.75, 3.05) is 25.7 Å². The van der Waals surface area contributed by atoms with E-state index in [2.05, 4.69) is 15.4 Å². The van der Waals surface area contributed by atoms with Crippen molar-refractivity contribution in [2.45, 2.75) is 38.6 Å². The van der Waals surface area contributed by atoms with E-state index in [1.807, 2.05) is 13.8 Å². The summed E-state index contributed by atoms with van der Waals surface area (Å²) in [6.07, 6.45) is 3.25. The van der Waals surface area contributed by atoms with E-state index in [4.69, 9.17) is 10.6 Å². The number of ether oxygens (including phenoxy) is 1. The zero-order chi connectivity index (χ0) is 15.4. The van der Waals surface area contributed by atoms with E-state index in [0.717, 1.165) is 12.8 Å². The lowest BCUT2D eigenvalue weighted by molar-refractivity contribution is 0.0359. The van der Waals surface area contributed by atoms with Crippen molar-refractivity contribution in [3.8, 4) is 0 Å². The van der Waals surface area contributed by atoms with E-state index in [1.165, 1.54) is 0 Å². The van der Waals surface area contributed by atoms with Gasteiger partial charge in [0.15, 0.2) is 5.69 Å². The molecule has 1 fully saturated rings. The lowest BCUT2D eigenvalue weighted by Crippen LogP contribution is -2.41. The molecule has 0 aromatic carbocycles. The maximum atomic E-state index is 12.7. The molecule has 0 atom stereocenters. The molecule has 0 spiro atoms. The number of nitrogens with zero attached hydrogens (tertiary/aromatic N) is 3. The molecule has 7 heteroatoms. The van der Waals surface area contributed by atoms with Gasteiger partial charge in [0, 0.05) is 32.2 Å². The standard InChI is InChI=1S/C14H23N5O2/c1-9(2)13-16-8-11(18-15)12(17-13)14(20)19(3)10-4-6-21-7-5-10/h8-10,18H,4-7,15H2,1-3H3. The molecular formula is C14H23N5O2. The van der Waals surface area contributed by atoms with Gasteiger partial charge in [-0.3, -0.25) is 10.6 Å². The summed E-state index contributed by atoms with van der Waals surface area (Å²) >= 11 is 0. The summed E-state index contributed by atoms with van der Waals surface area (Å²) in [6, 6.07) is 0.175. The Labute approximate surface area is 124 Å². The van der Waals surface area contributed by atoms with Gasteiger partial charge in [0.2, 0.25) is 0 Å². The molecule has 0 bridgehead atoms. The number of carbonyl (C=O) groups excluding carboxylic acids is 1. The van der Waals surface area contributed by atoms with Crippen LogP contribution in [0.3, 0.4) is 0 Å². The number of hydrazine groups is 1. The molecule has 1 aliphatic rings. The molecule has 0 radical (unpaired) electrons. The lowest BCUT2D eigenvalue weighted by Gasteiger charge is -2.31. The van der Waals surface area contributed by atoms with Crippen LogP contribution >= 0.6 is 0 Å². The second-order valence-corrected chi connectivity index (χ2v) is 5.55. The highest BCUT2D eigenvalue weighted by Gasteiger charge is 2.26. The summed E-state index contributed by atoms with van der Waals surface area (Å²) in [7, 11) is 1.80. The van der Waals surface area contributed by atoms with Crippen molar-refractivity contribution >= 4 is 11.6 Å². The van der Waals surface area contributed by atoms with E-state index in [9.17, 15) is 4.79 Å². The van der Waals surface area contributed by atoms with Crippen molar-refractivity contribution in [1.82, 2.24) is 14.9 Å². The molecule has 3 N–H and O–H groups in total. The topological polar surface area (TPSA) is 93.4 Å². The van der Waals surface area contributed by atoms with Gasteiger partial charge in [-0.05, 0) is 12.8 Å². The number of hydrogen-bond acceptors (Lipinski definition) is 6. The zero-order valence-corrected chi connectivity index (χ0v) is 12.8. The maximum Gasteiger partial charge on any atom is 0.274 e. The van der Waals surface area contributed by atoms with Crippen molar-refractivity contribution in [3.63, 3.8) is 0 Å². The number of nitrogen functional groups attached to an aromatic ring is 1. The average molecular weight is 293 g/mol. The Balaban J connectivity index is 2.25. The van der Waals surface area contributed by atoms with Crippen LogP contribution in [0, 0.1) is 0 Å². The summed E-state index contributed by atoms with van der Waals surface area (Å²) in [5, 5.41) is 0. The Hall–Kier alpha value is -1.73. The first kappa shape index (κ1) is 15.7. The van der Waals surface area contributed by atoms with E-state index in [1.54, 1.807) is 18.1 Å². The third kappa shape index (κ3) is 3.48. The Bertz CT molecular complexity index is 500. The number of amides is 1. The van der Waals surface area contributed by atoms with Gasteiger partial charge in [-0.25, -0.2) is 9.97 Å². The Morgan fingerprint density at radius 1 is 1.48 bits per heavy atom. The van der Waals surface area contributed by atoms with Crippen LogP contribution in [0.25, 0.3) is 0 Å². The van der Waals surface area contributed by atoms with Crippen LogP contribution in [-0.4, -0.2) is 47.1 Å². The van der Waals surface area contributed by atoms with Crippen LogP contribution < -0.4 is 11.3 Å². The van der Waals surface area contributed by atoms with Crippen molar-refractivity contribution in [2.24, 2.45) is 5.84 Å². The van der Waals surface area contributed by atoms with Gasteiger partial charge >= 0.3 is 0 Å². The smallest absolute Gasteiger partial charge is 0.274 e. The molecular weight excluding hydrogens is 270 g/mol. The van der Waals surface area contributed by atoms with Crippen LogP contribution in [0.15, 0.2) is 6.20 Å². The number of nitrogens with one attached hydrogen (secondary N) is 1. The van der Waals surface area contributed by atoms with Gasteiger partial charge in [0.25, 0.3) is 5.91 Å². The zero-order valence-electron chi connectivity index (χ0n) is 12.8. The van der Waals surface area contributed by atoms with Gasteiger partial charge in [-0.15, -0.1) is 0 Å². The fraction of sp³-hybridized carbons (Fsp3) is 0.643. The minimum atomic E-state index is -0.140. The average Bonchev–Trinajstić information content (AvgIpc) is 2.53. The second kappa shape index (κ2) is 6.82. The molecule has 1 aromatic rings. The third-order valence-corrected chi connectivity index (χ3v) is 3.74. The Morgan fingerprint density at radius 2 is 2.14 bits per heavy atom. The number of rotatable bonds is 4. The van der Waals surface area contributed by atoms with Gasteiger partial charge in [-0.2, -0.15) is 0 Å². The maximum absolute atomic E-state index is 12.7. The minimum absolute atomic E-state index is 0.140. The number of aromatic nitrogens is 2. The molecule has 0 unspecified atom stereocenters. The normalized spacial score (nSPS) is 16.0. The molecule has 2 heterocycles. The highest BCUT2D eigenvalue weighted by atomic mass is 16.5. The first-order valence-corrected chi connectivity index (χ1v) is 7.23. The molecule has 2 rings (SSSR count). The first-order valence-electron chi connectivity index (χ1n) is 7.23. The number of anilines is 1. The second-order valence-electron chi connectivity index (χ2n) is 5.55. The number of nitrogens with two attached hydrogens (primary N) is 1. The van der Waals surface area contributed by atoms with Gasteiger partial charge in [0.1, 0.15) is 5.82 Å². The highest BCUT2D eigenvalue weighted by Crippen LogP contribution is 2.20. The van der Waals surface area contributed by atoms with Crippen molar-refractivity contribution < 1.29 is 9.53 Å². The Morgan fingerprint density at radius 3 is 2.71 bits per heavy atom. The summed E-state index contributed by atoms with van der Waals surface area (Å²) in [5.41, 5.74) is 3.27. The molecule has 116 valence electrons. The van der Waals surface area contributed by atoms with Crippen molar-refractivity contribution in [3.05, 3.63) is 17.7 Å². The van der Waals surface area contributed by atoms with Gasteiger partial charge in [-0.1, -0.05) is 13.8 Å². The summed E-state index contributed by atoms with van der Waals surface area (Å²) in [5.74, 6) is 6.12. The van der Waals surface area contributed by atoms with E-state index >= 15 is 0 Å². The van der Waals surface area contributed by atoms with E-state index in [0.29, 0.717) is 30.4 Å². The third-order valence-electron chi connectivity index (χ3n) is 3.74. The molecule has 0 saturated carbocycles. The summed E-state index contributed by atoms with van der Waals surface area (Å²) in [6.45, 7) is 5.35. The SMILES string of the molecule is CC(C)c1ncc(NN)c(C(=O)N(C)C2CCOCC2)n1. The Kier molecular flexibility index (Phi) is 5.08. The summed E-state index contributed by atoms with van der Waals surface area (Å²) < 4.78 is 5.33. The van der Waals surface area contributed by atoms with Crippen molar-refractivity contribution in [1.29, 1.82) is 0 Å². The fourth-order valence-corrected chi connectivity index (χ4v) is 2.35. The molecule has 21 heavy (non-hydrogen) atoms. The number of hydrogen-bond donors (Lipinski definition) is 2. The van der Waals surface area contributed by atoms with Crippen LogP contribution in [-0.2, 0) is 4.74 Å². The van der Waals surface area contributed by atoms with Crippen LogP contribution in [0.1, 0.15) is 48.9 Å². The van der Waals surface area contributed by atoms with E-state index in [-0.39, 0.29) is 17.9 Å². The molecule has 1 saturated heterocycles. The van der Waals surface area contributed by atoms with E-state index < -0.39 is 0 Å². The highest BCUT2D eigenvalue weighted by molar-refractivity contribution is 5.97. The minimum Gasteiger partial charge on any atom is -0.381 e. The van der Waals surface area contributed by atoms with Gasteiger partial charge < -0.3 is 15.1 Å². The van der Waals surface area contributed by atoms with Gasteiger partial charge in [0.05, 0.1) is 11.9 Å². The molecule has 0 aliphatic carbocycles. The first-order chi connectivity index (χ1) is 10.0. The molecule has 1 aromatic heterocycles. The molecule has 1 aliphatic heterocycles. The fourth-order valence-electron chi connectivity index (χ4n) is 2.35. The molecule has 1 amide bonds. The predicted molar refractivity (Wildman–Crippen MR) is 79.9 cm³/mol. The largest absolute Gasteiger partial charge is 0.381 e. The monoisotopic (exact) mass is 293 g/mol. The molecule has 7 nitrogen and oxygen atoms in total. The quantitative estimate of drug-likeness (QED) is 0.638. The number of carbonyl (C=O) groups is 1. The van der Waals surface area contributed by atoms with Crippen LogP contribution in [0.4, 0.5) is 5.69 Å². The predicted octanol–water partition coefficient (Wildman–Crippen LogP) is 1.14. The van der Waals surface area contributed by atoms with Crippen LogP contribution in [0.5, 0.6) is 0 Å². The van der Waals surface area contributed by atoms with Crippen LogP contribution in [0.2, 0.25) is 0 Å². The lowest BCUT2D eigenvalue weighted by atomic mass is 10.1.